The molecule has 0 saturated heterocycles. The molecule has 26 heavy (non-hydrogen) atoms. The van der Waals surface area contributed by atoms with E-state index >= 15 is 0 Å². The van der Waals surface area contributed by atoms with Gasteiger partial charge in [-0.25, -0.2) is 0 Å². The Hall–Kier alpha value is 3.55. The van der Waals surface area contributed by atoms with Crippen molar-refractivity contribution in [2.45, 2.75) is 65.2 Å². The van der Waals surface area contributed by atoms with Crippen LogP contribution in [0.1, 0.15) is 65.2 Å². The van der Waals surface area contributed by atoms with Gasteiger partial charge in [-0.15, -0.1) is 0 Å². The van der Waals surface area contributed by atoms with Gasteiger partial charge in [-0.3, -0.25) is 0 Å². The van der Waals surface area contributed by atoms with Gasteiger partial charge in [0, 0.05) is 0 Å². The smallest absolute Gasteiger partial charge is 0.844 e. The van der Waals surface area contributed by atoms with Crippen LogP contribution in [0.5, 0.6) is 0 Å². The number of hydrogen-bond donors (Lipinski definition) is 0. The number of hydrogen-bond acceptors (Lipinski definition) is 8. The van der Waals surface area contributed by atoms with Crippen LogP contribution < -0.4 is 29.4 Å². The van der Waals surface area contributed by atoms with E-state index < -0.39 is 13.4 Å². The molecule has 0 rings (SSSR count). The van der Waals surface area contributed by atoms with Crippen LogP contribution in [0.2, 0.25) is 0 Å². The van der Waals surface area contributed by atoms with Gasteiger partial charge < -0.3 is 56.6 Å². The van der Waals surface area contributed by atoms with Crippen LogP contribution in [-0.4, -0.2) is 0 Å². The molecule has 0 unspecified atom stereocenters. The van der Waals surface area contributed by atoms with Gasteiger partial charge in [0.15, 0.2) is 0 Å². The molecule has 0 bridgehead atoms. The van der Waals surface area contributed by atoms with Crippen LogP contribution in [0.3, 0.4) is 0 Å². The molecule has 0 spiro atoms. The molecule has 0 aliphatic carbocycles. The Balaban J connectivity index is -0.0000000272. The topological polar surface area (TPSA) is 138 Å². The van der Waals surface area contributed by atoms with Crippen LogP contribution in [-0.2, 0) is 102 Å². The number of unbranched alkanes of at least 4 members (excludes halogenated alkanes) is 6. The van der Waals surface area contributed by atoms with E-state index in [1.165, 1.54) is 38.5 Å². The third-order valence-electron chi connectivity index (χ3n) is 1.71. The van der Waals surface area contributed by atoms with Crippen molar-refractivity contribution in [3.8, 4) is 0 Å². The Morgan fingerprint density at radius 2 is 0.808 bits per heavy atom. The van der Waals surface area contributed by atoms with Crippen molar-refractivity contribution < 1.29 is 107 Å². The summed E-state index contributed by atoms with van der Waals surface area (Å²) in [5, 5.41) is 0. The molecule has 0 aromatic carbocycles. The van der Waals surface area contributed by atoms with E-state index in [4.69, 9.17) is 29.4 Å². The normalized spacial score (nSPS) is 8.69. The summed E-state index contributed by atoms with van der Waals surface area (Å²) in [5.74, 6) is 0. The minimum atomic E-state index is -4.56. The van der Waals surface area contributed by atoms with E-state index in [-0.39, 0.29) is 77.9 Å². The van der Waals surface area contributed by atoms with Gasteiger partial charge in [-0.2, -0.15) is 36.5 Å². The summed E-state index contributed by atoms with van der Waals surface area (Å²) in [7, 11) is 0. The van der Waals surface area contributed by atoms with Crippen LogP contribution in [0.25, 0.3) is 0 Å². The first-order valence-corrected chi connectivity index (χ1v) is 12.0. The molecule has 0 atom stereocenters. The van der Waals surface area contributed by atoms with Crippen molar-refractivity contribution in [1.82, 2.24) is 0 Å². The molecule has 0 N–H and O–H groups in total. The zero-order valence-electron chi connectivity index (χ0n) is 16.1. The van der Waals surface area contributed by atoms with E-state index in [9.17, 15) is 0 Å². The third kappa shape index (κ3) is 213. The molecule has 0 aromatic heterocycles. The zero-order valence-corrected chi connectivity index (χ0v) is 31.4. The average Bonchev–Trinajstić information content (AvgIpc) is 2.31. The second-order valence-corrected chi connectivity index (χ2v) is 8.49. The fourth-order valence-corrected chi connectivity index (χ4v) is 0.780. The minimum Gasteiger partial charge on any atom is -0.844 e. The molecule has 0 radical (unpaired) electrons. The standard InChI is InChI=1S/C8H17.C4H9.2H3O3PS.4Zn/c1-3-5-7-8-6-4-2;1-3-4-2;2*1-4(2,3)5;;;;/h1,3-8H2,2H3;1,3-4H2,2H3;2*(H3,1,2,3,5);;;;/q2*-1;;;4*+2/p-6. The Morgan fingerprint density at radius 3 is 0.962 bits per heavy atom. The first-order valence-electron chi connectivity index (χ1n) is 6.87. The fourth-order valence-electron chi connectivity index (χ4n) is 0.780. The van der Waals surface area contributed by atoms with Gasteiger partial charge in [-0.1, -0.05) is 52.4 Å². The summed E-state index contributed by atoms with van der Waals surface area (Å²) < 4.78 is 0. The maximum atomic E-state index is 8.92. The molecule has 0 aliphatic rings. The van der Waals surface area contributed by atoms with Gasteiger partial charge in [0.25, 0.3) is 0 Å². The molecular formula is C12H26O6P2S2Zn4. The molecular weight excluding hydrogens is 628 g/mol. The Bertz CT molecular complexity index is 252. The predicted molar refractivity (Wildman–Crippen MR) is 87.6 cm³/mol. The van der Waals surface area contributed by atoms with Crippen molar-refractivity contribution in [1.29, 1.82) is 0 Å². The van der Waals surface area contributed by atoms with Crippen molar-refractivity contribution in [3.05, 3.63) is 13.8 Å². The van der Waals surface area contributed by atoms with Gasteiger partial charge in [0.2, 0.25) is 0 Å². The van der Waals surface area contributed by atoms with Crippen molar-refractivity contribution in [3.63, 3.8) is 0 Å². The summed E-state index contributed by atoms with van der Waals surface area (Å²) in [6, 6.07) is 0. The van der Waals surface area contributed by atoms with Crippen molar-refractivity contribution in [2.24, 2.45) is 0 Å². The maximum absolute atomic E-state index is 8.92. The maximum Gasteiger partial charge on any atom is 2.00 e. The van der Waals surface area contributed by atoms with Crippen molar-refractivity contribution >= 4 is 37.1 Å². The van der Waals surface area contributed by atoms with Crippen LogP contribution in [0.4, 0.5) is 0 Å². The summed E-state index contributed by atoms with van der Waals surface area (Å²) in [6.07, 6.45) is 10.3. The largest absolute Gasteiger partial charge is 2.00 e. The molecule has 0 saturated carbocycles. The zero-order chi connectivity index (χ0) is 18.7. The van der Waals surface area contributed by atoms with Gasteiger partial charge in [0.1, 0.15) is 0 Å². The molecule has 140 valence electrons. The second kappa shape index (κ2) is 39.1. The fraction of sp³-hybridized carbons (Fsp3) is 0.833. The van der Waals surface area contributed by atoms with Gasteiger partial charge in [0.05, 0.1) is 0 Å². The van der Waals surface area contributed by atoms with E-state index in [0.717, 1.165) is 12.8 Å². The van der Waals surface area contributed by atoms with E-state index in [0.29, 0.717) is 0 Å². The summed E-state index contributed by atoms with van der Waals surface area (Å²) in [4.78, 5) is 53.5. The summed E-state index contributed by atoms with van der Waals surface area (Å²) in [5.41, 5.74) is 0. The van der Waals surface area contributed by atoms with Crippen molar-refractivity contribution in [2.75, 3.05) is 0 Å². The van der Waals surface area contributed by atoms with E-state index in [2.05, 4.69) is 51.3 Å². The Kier molecular flexibility index (Phi) is 78.0. The summed E-state index contributed by atoms with van der Waals surface area (Å²) >= 11 is 6.54. The second-order valence-electron chi connectivity index (χ2n) is 4.02. The summed E-state index contributed by atoms with van der Waals surface area (Å²) in [6.45, 7) is 2.63. The Labute approximate surface area is 221 Å². The molecule has 0 aromatic rings. The minimum absolute atomic E-state index is 0. The number of rotatable bonds is 6. The molecule has 0 aliphatic heterocycles. The monoisotopic (exact) mass is 648 g/mol. The van der Waals surface area contributed by atoms with Gasteiger partial charge in [-0.05, 0) is 0 Å². The molecule has 0 heterocycles. The van der Waals surface area contributed by atoms with Crippen LogP contribution >= 0.6 is 13.4 Å². The molecule has 6 nitrogen and oxygen atoms in total. The SMILES string of the molecule is [CH2-]CCC.[CH2-]CCCCCCC.[O-]P([O-])([O-])=S.[O-]P([O-])([O-])=S.[Zn+2].[Zn+2].[Zn+2].[Zn+2]. The molecule has 14 heteroatoms. The molecule has 0 fully saturated rings. The average molecular weight is 654 g/mol. The van der Waals surface area contributed by atoms with Crippen LogP contribution in [0.15, 0.2) is 0 Å². The molecule has 0 amide bonds. The predicted octanol–water partition coefficient (Wildman–Crippen LogP) is -0.625. The van der Waals surface area contributed by atoms with E-state index in [1.54, 1.807) is 0 Å². The van der Waals surface area contributed by atoms with Crippen LogP contribution in [0, 0.1) is 13.8 Å². The first kappa shape index (κ1) is 51.9. The van der Waals surface area contributed by atoms with Gasteiger partial charge >= 0.3 is 77.9 Å². The third-order valence-corrected chi connectivity index (χ3v) is 1.71. The first-order chi connectivity index (χ1) is 9.83. The Morgan fingerprint density at radius 1 is 0.577 bits per heavy atom. The van der Waals surface area contributed by atoms with E-state index in [1.807, 2.05) is 0 Å². The quantitative estimate of drug-likeness (QED) is 0.160.